The Morgan fingerprint density at radius 2 is 2.00 bits per heavy atom. The van der Waals surface area contributed by atoms with Gasteiger partial charge < -0.3 is 5.32 Å². The number of nitrogens with zero attached hydrogens (tertiary/aromatic N) is 1. The van der Waals surface area contributed by atoms with Crippen molar-refractivity contribution in [3.05, 3.63) is 0 Å². The summed E-state index contributed by atoms with van der Waals surface area (Å²) in [5, 5.41) is 4.26. The number of hydrogen-bond donors (Lipinski definition) is 1. The van der Waals surface area contributed by atoms with Crippen LogP contribution in [0.2, 0.25) is 0 Å². The number of rotatable bonds is 3. The van der Waals surface area contributed by atoms with Crippen molar-refractivity contribution in [1.82, 2.24) is 5.32 Å². The van der Waals surface area contributed by atoms with Gasteiger partial charge in [0.25, 0.3) is 0 Å². The molecule has 0 aromatic heterocycles. The maximum absolute atomic E-state index is 5.47. The van der Waals surface area contributed by atoms with Gasteiger partial charge in [0.1, 0.15) is 0 Å². The van der Waals surface area contributed by atoms with Crippen molar-refractivity contribution < 1.29 is 0 Å². The van der Waals surface area contributed by atoms with Gasteiger partial charge in [-0.25, -0.2) is 4.99 Å². The zero-order chi connectivity index (χ0) is 13.6. The Morgan fingerprint density at radius 3 is 2.47 bits per heavy atom. The Bertz CT molecular complexity index is 409. The van der Waals surface area contributed by atoms with Crippen LogP contribution in [0.3, 0.4) is 0 Å². The van der Waals surface area contributed by atoms with Crippen molar-refractivity contribution in [2.24, 2.45) is 28.2 Å². The smallest absolute Gasteiger partial charge is 0.192 e. The average Bonchev–Trinajstić information content (AvgIpc) is 2.93. The van der Waals surface area contributed by atoms with Gasteiger partial charge in [0.2, 0.25) is 0 Å². The van der Waals surface area contributed by atoms with Gasteiger partial charge in [0, 0.05) is 17.2 Å². The van der Waals surface area contributed by atoms with Crippen molar-refractivity contribution in [3.8, 4) is 0 Å². The highest BCUT2D eigenvalue weighted by Crippen LogP contribution is 2.53. The van der Waals surface area contributed by atoms with Gasteiger partial charge >= 0.3 is 0 Å². The Labute approximate surface area is 122 Å². The second kappa shape index (κ2) is 4.83. The molecule has 0 saturated heterocycles. The molecule has 3 rings (SSSR count). The first-order valence-corrected chi connectivity index (χ1v) is 8.28. The highest BCUT2D eigenvalue weighted by atomic mass is 32.1. The van der Waals surface area contributed by atoms with E-state index in [1.807, 2.05) is 0 Å². The summed E-state index contributed by atoms with van der Waals surface area (Å²) >= 11 is 5.47. The standard InChI is InChI=1S/C16H26N2S/c1-10(2)16(6-7-16)11(3)17-15(19)18-14-9-12-4-5-13(14)8-12/h10,12-14H,4-9H2,1-3H3,(H,18,19). The molecule has 3 unspecified atom stereocenters. The lowest BCUT2D eigenvalue weighted by Crippen LogP contribution is -2.37. The maximum atomic E-state index is 5.47. The van der Waals surface area contributed by atoms with Crippen LogP contribution in [0.25, 0.3) is 0 Å². The predicted octanol–water partition coefficient (Wildman–Crippen LogP) is 3.95. The minimum absolute atomic E-state index is 0.362. The molecule has 2 bridgehead atoms. The monoisotopic (exact) mass is 278 g/mol. The first-order chi connectivity index (χ1) is 9.01. The van der Waals surface area contributed by atoms with E-state index >= 15 is 0 Å². The lowest BCUT2D eigenvalue weighted by Gasteiger charge is -2.24. The number of nitrogens with one attached hydrogen (secondary N) is 1. The molecule has 3 heteroatoms. The topological polar surface area (TPSA) is 24.4 Å². The van der Waals surface area contributed by atoms with E-state index in [1.165, 1.54) is 44.2 Å². The Hall–Kier alpha value is -0.440. The summed E-state index contributed by atoms with van der Waals surface area (Å²) < 4.78 is 0. The normalized spacial score (nSPS) is 35.8. The molecular weight excluding hydrogens is 252 g/mol. The molecule has 0 spiro atoms. The number of hydrogen-bond acceptors (Lipinski definition) is 1. The summed E-state index contributed by atoms with van der Waals surface area (Å²) in [6, 6.07) is 0.608. The summed E-state index contributed by atoms with van der Waals surface area (Å²) in [5.74, 6) is 2.50. The van der Waals surface area contributed by atoms with E-state index in [0.29, 0.717) is 17.4 Å². The summed E-state index contributed by atoms with van der Waals surface area (Å²) in [5.41, 5.74) is 1.61. The third-order valence-electron chi connectivity index (χ3n) is 5.93. The zero-order valence-electron chi connectivity index (χ0n) is 12.4. The lowest BCUT2D eigenvalue weighted by molar-refractivity contribution is 0.391. The molecule has 1 N–H and O–H groups in total. The van der Waals surface area contributed by atoms with Gasteiger partial charge in [0.15, 0.2) is 5.11 Å². The fourth-order valence-electron chi connectivity index (χ4n) is 4.37. The molecule has 0 aliphatic heterocycles. The Morgan fingerprint density at radius 1 is 1.26 bits per heavy atom. The van der Waals surface area contributed by atoms with Crippen LogP contribution >= 0.6 is 12.2 Å². The third-order valence-corrected chi connectivity index (χ3v) is 6.14. The van der Waals surface area contributed by atoms with Crippen LogP contribution in [-0.4, -0.2) is 16.9 Å². The summed E-state index contributed by atoms with van der Waals surface area (Å²) in [6.07, 6.45) is 8.14. The van der Waals surface area contributed by atoms with Crippen LogP contribution in [0.5, 0.6) is 0 Å². The number of fused-ring (bicyclic) bond motifs is 2. The van der Waals surface area contributed by atoms with Gasteiger partial charge in [-0.05, 0) is 69.0 Å². The first kappa shape index (κ1) is 13.5. The lowest BCUT2D eigenvalue weighted by atomic mass is 9.88. The van der Waals surface area contributed by atoms with E-state index in [2.05, 4.69) is 26.1 Å². The van der Waals surface area contributed by atoms with Crippen molar-refractivity contribution in [2.45, 2.75) is 65.3 Å². The summed E-state index contributed by atoms with van der Waals surface area (Å²) in [4.78, 5) is 4.72. The average molecular weight is 278 g/mol. The van der Waals surface area contributed by atoms with Gasteiger partial charge in [-0.3, -0.25) is 0 Å². The molecule has 2 nitrogen and oxygen atoms in total. The van der Waals surface area contributed by atoms with E-state index in [4.69, 9.17) is 17.2 Å². The second-order valence-electron chi connectivity index (χ2n) is 7.24. The van der Waals surface area contributed by atoms with Crippen LogP contribution in [0.4, 0.5) is 0 Å². The molecule has 0 radical (unpaired) electrons. The number of aliphatic imine (C=N–C) groups is 1. The van der Waals surface area contributed by atoms with Gasteiger partial charge in [-0.1, -0.05) is 20.3 Å². The van der Waals surface area contributed by atoms with Crippen LogP contribution in [-0.2, 0) is 0 Å². The van der Waals surface area contributed by atoms with Crippen molar-refractivity contribution in [3.63, 3.8) is 0 Å². The van der Waals surface area contributed by atoms with Crippen LogP contribution in [0.15, 0.2) is 4.99 Å². The third kappa shape index (κ3) is 2.46. The van der Waals surface area contributed by atoms with E-state index in [-0.39, 0.29) is 0 Å². The molecule has 3 aliphatic rings. The van der Waals surface area contributed by atoms with E-state index in [0.717, 1.165) is 16.9 Å². The van der Waals surface area contributed by atoms with E-state index < -0.39 is 0 Å². The summed E-state index contributed by atoms with van der Waals surface area (Å²) in [7, 11) is 0. The van der Waals surface area contributed by atoms with Crippen molar-refractivity contribution in [1.29, 1.82) is 0 Å². The molecule has 3 saturated carbocycles. The molecule has 0 heterocycles. The molecule has 0 aromatic rings. The van der Waals surface area contributed by atoms with Crippen molar-refractivity contribution >= 4 is 23.0 Å². The van der Waals surface area contributed by atoms with E-state index in [1.54, 1.807) is 0 Å². The highest BCUT2D eigenvalue weighted by Gasteiger charge is 2.48. The first-order valence-electron chi connectivity index (χ1n) is 7.87. The van der Waals surface area contributed by atoms with Gasteiger partial charge in [-0.15, -0.1) is 0 Å². The quantitative estimate of drug-likeness (QED) is 0.624. The van der Waals surface area contributed by atoms with Crippen LogP contribution in [0, 0.1) is 23.2 Å². The van der Waals surface area contributed by atoms with Gasteiger partial charge in [0.05, 0.1) is 0 Å². The van der Waals surface area contributed by atoms with Crippen LogP contribution < -0.4 is 5.32 Å². The Kier molecular flexibility index (Phi) is 3.45. The minimum Gasteiger partial charge on any atom is -0.358 e. The number of thiocarbonyl (C=S) groups is 1. The zero-order valence-corrected chi connectivity index (χ0v) is 13.2. The van der Waals surface area contributed by atoms with Crippen molar-refractivity contribution in [2.75, 3.05) is 0 Å². The highest BCUT2D eigenvalue weighted by molar-refractivity contribution is 7.80. The fraction of sp³-hybridized carbons (Fsp3) is 0.875. The largest absolute Gasteiger partial charge is 0.358 e. The maximum Gasteiger partial charge on any atom is 0.192 e. The van der Waals surface area contributed by atoms with Crippen LogP contribution in [0.1, 0.15) is 59.3 Å². The summed E-state index contributed by atoms with van der Waals surface area (Å²) in [6.45, 7) is 6.78. The molecule has 3 atom stereocenters. The molecule has 0 amide bonds. The Balaban J connectivity index is 1.59. The molecule has 3 fully saturated rings. The van der Waals surface area contributed by atoms with Gasteiger partial charge in [-0.2, -0.15) is 0 Å². The second-order valence-corrected chi connectivity index (χ2v) is 7.63. The molecular formula is C16H26N2S. The fourth-order valence-corrected chi connectivity index (χ4v) is 4.66. The van der Waals surface area contributed by atoms with E-state index in [9.17, 15) is 0 Å². The minimum atomic E-state index is 0.362. The molecule has 106 valence electrons. The predicted molar refractivity (Wildman–Crippen MR) is 84.6 cm³/mol. The molecule has 0 aromatic carbocycles. The molecule has 3 aliphatic carbocycles. The SMILES string of the molecule is CC(=NC(=S)NC1CC2CCC1C2)C1(C(C)C)CC1. The molecule has 19 heavy (non-hydrogen) atoms.